The van der Waals surface area contributed by atoms with Gasteiger partial charge in [0.05, 0.1) is 50.2 Å². The summed E-state index contributed by atoms with van der Waals surface area (Å²) in [5.74, 6) is -8.59. The number of aromatic hydroxyl groups is 1. The molecule has 0 aromatic heterocycles. The normalized spacial score (nSPS) is 43.0. The van der Waals surface area contributed by atoms with Crippen LogP contribution in [0.25, 0.3) is 0 Å². The number of aliphatic hydroxyl groups excluding tert-OH is 2. The largest absolute Gasteiger partial charge is 0.502 e. The molecular weight excluding hydrogens is 556 g/mol. The van der Waals surface area contributed by atoms with E-state index in [-0.39, 0.29) is 34.8 Å². The predicted molar refractivity (Wildman–Crippen MR) is 138 cm³/mol. The van der Waals surface area contributed by atoms with Crippen molar-refractivity contribution in [3.63, 3.8) is 0 Å². The molecule has 10 atom stereocenters. The molecule has 5 aliphatic rings. The minimum atomic E-state index is -3.17. The third kappa shape index (κ3) is 4.26. The molecule has 3 saturated heterocycles. The minimum absolute atomic E-state index is 0.0234. The van der Waals surface area contributed by atoms with E-state index >= 15 is 0 Å². The van der Waals surface area contributed by atoms with Gasteiger partial charge in [-0.3, -0.25) is 4.79 Å². The first-order valence-corrected chi connectivity index (χ1v) is 13.0. The Morgan fingerprint density at radius 2 is 1.69 bits per heavy atom. The average molecular weight is 599 g/mol. The SMILES string of the molecule is [2H]C([2H])([2H])Oc1cc([C@@H]2c3cc4c(cc3[C@@H](O[C@@H]3O[C@@H]5CO[C@@H](C)O[C@H]5[C@H](O)[C@H]3O)[C@@H]3[C@@H]2C(=O)OC3([2H])[2H])OC([2H])([2H])O4)cc(OC([2H])([2H])[2H])c1O. The number of hydrogen-bond acceptors (Lipinski definition) is 13. The van der Waals surface area contributed by atoms with Gasteiger partial charge in [0, 0.05) is 11.8 Å². The van der Waals surface area contributed by atoms with Gasteiger partial charge in [0.1, 0.15) is 27.2 Å². The van der Waals surface area contributed by atoms with E-state index in [1.807, 2.05) is 0 Å². The van der Waals surface area contributed by atoms with Gasteiger partial charge in [0.2, 0.25) is 12.5 Å². The fourth-order valence-electron chi connectivity index (χ4n) is 6.21. The van der Waals surface area contributed by atoms with Crippen molar-refractivity contribution in [2.75, 3.05) is 34.0 Å². The first-order valence-electron chi connectivity index (χ1n) is 18.0. The summed E-state index contributed by atoms with van der Waals surface area (Å²) in [5.41, 5.74) is -0.0381. The molecule has 0 spiro atoms. The molecule has 0 bridgehead atoms. The molecule has 1 aliphatic carbocycles. The van der Waals surface area contributed by atoms with Gasteiger partial charge >= 0.3 is 5.97 Å². The van der Waals surface area contributed by atoms with Crippen molar-refractivity contribution in [1.82, 2.24) is 0 Å². The van der Waals surface area contributed by atoms with Crippen molar-refractivity contribution >= 4 is 5.97 Å². The van der Waals surface area contributed by atoms with Crippen molar-refractivity contribution in [2.24, 2.45) is 11.8 Å². The van der Waals surface area contributed by atoms with Gasteiger partial charge in [-0.05, 0) is 47.9 Å². The number of methoxy groups -OCH3 is 2. The highest BCUT2D eigenvalue weighted by Gasteiger charge is 2.56. The Labute approximate surface area is 254 Å². The van der Waals surface area contributed by atoms with Crippen molar-refractivity contribution in [3.8, 4) is 28.7 Å². The number of rotatable bonds is 5. The second-order valence-electron chi connectivity index (χ2n) is 10.4. The van der Waals surface area contributed by atoms with Gasteiger partial charge in [0.15, 0.2) is 35.6 Å². The van der Waals surface area contributed by atoms with E-state index in [1.54, 1.807) is 6.92 Å². The first-order chi connectivity index (χ1) is 24.0. The van der Waals surface area contributed by atoms with E-state index in [9.17, 15) is 20.1 Å². The molecule has 0 saturated carbocycles. The summed E-state index contributed by atoms with van der Waals surface area (Å²) in [7, 11) is -6.34. The molecule has 2 aromatic rings. The smallest absolute Gasteiger partial charge is 0.310 e. The van der Waals surface area contributed by atoms with Crippen molar-refractivity contribution in [1.29, 1.82) is 0 Å². The molecule has 0 radical (unpaired) electrons. The summed E-state index contributed by atoms with van der Waals surface area (Å²) in [5, 5.41) is 33.0. The van der Waals surface area contributed by atoms with Crippen molar-refractivity contribution in [2.45, 2.75) is 55.9 Å². The Kier molecular flexibility index (Phi) is 4.56. The van der Waals surface area contributed by atoms with Gasteiger partial charge in [0.25, 0.3) is 0 Å². The third-order valence-electron chi connectivity index (χ3n) is 8.14. The lowest BCUT2D eigenvalue weighted by molar-refractivity contribution is -0.364. The highest BCUT2D eigenvalue weighted by Crippen LogP contribution is 2.57. The second-order valence-corrected chi connectivity index (χ2v) is 10.4. The fourth-order valence-corrected chi connectivity index (χ4v) is 6.21. The van der Waals surface area contributed by atoms with Crippen LogP contribution in [0.2, 0.25) is 0 Å². The van der Waals surface area contributed by atoms with Gasteiger partial charge in [-0.1, -0.05) is 0 Å². The number of cyclic esters (lactones) is 1. The maximum atomic E-state index is 13.7. The summed E-state index contributed by atoms with van der Waals surface area (Å²) >= 11 is 0. The Hall–Kier alpha value is -3.33. The van der Waals surface area contributed by atoms with E-state index in [4.69, 9.17) is 56.3 Å². The summed E-state index contributed by atoms with van der Waals surface area (Å²) in [4.78, 5) is 13.7. The zero-order valence-electron chi connectivity index (χ0n) is 31.7. The Morgan fingerprint density at radius 1 is 0.976 bits per heavy atom. The Balaban J connectivity index is 1.40. The Bertz CT molecular complexity index is 1710. The number of phenolic OH excluding ortho intramolecular Hbond substituents is 1. The molecule has 7 rings (SSSR count). The number of fused-ring (bicyclic) bond motifs is 4. The molecule has 0 amide bonds. The monoisotopic (exact) mass is 598 g/mol. The van der Waals surface area contributed by atoms with Crippen LogP contribution in [0.4, 0.5) is 0 Å². The van der Waals surface area contributed by atoms with Crippen LogP contribution in [0.15, 0.2) is 24.3 Å². The topological polar surface area (TPSA) is 161 Å². The number of hydrogen-bond donors (Lipinski definition) is 3. The first kappa shape index (κ1) is 18.4. The number of aliphatic hydroxyl groups is 2. The lowest BCUT2D eigenvalue weighted by atomic mass is 9.66. The van der Waals surface area contributed by atoms with Crippen LogP contribution in [0.3, 0.4) is 0 Å². The fraction of sp³-hybridized carbons (Fsp3) is 0.552. The number of carbonyl (C=O) groups is 1. The van der Waals surface area contributed by atoms with Crippen LogP contribution in [-0.2, 0) is 28.5 Å². The van der Waals surface area contributed by atoms with Crippen molar-refractivity contribution < 1.29 is 76.5 Å². The summed E-state index contributed by atoms with van der Waals surface area (Å²) in [6.45, 7) is -3.96. The van der Waals surface area contributed by atoms with Crippen LogP contribution < -0.4 is 18.9 Å². The third-order valence-corrected chi connectivity index (χ3v) is 8.14. The van der Waals surface area contributed by atoms with Gasteiger partial charge in [-0.15, -0.1) is 0 Å². The number of esters is 1. The standard InChI is InChI=1S/C29H32O13/c1-11-36-9-20-27(40-11)24(31)25(32)29(41-20)42-26-14-7-17-16(38-10-39-17)6-13(14)21(22-15(26)8-37-28(22)33)12-4-18(34-2)23(30)19(5-12)35-3/h4-7,11,15,20-22,24-27,29-32H,8-10H2,1-3H3/t11-,15+,20-,21-,22+,24-,25-,26-,27-,29+/m1/s1/i2D3,3D3,8D2,10D2. The van der Waals surface area contributed by atoms with E-state index in [1.165, 1.54) is 12.1 Å². The number of benzene rings is 2. The van der Waals surface area contributed by atoms with E-state index in [2.05, 4.69) is 0 Å². The second kappa shape index (κ2) is 10.4. The van der Waals surface area contributed by atoms with Crippen LogP contribution in [-0.4, -0.2) is 92.3 Å². The average Bonchev–Trinajstić information content (AvgIpc) is 3.44. The van der Waals surface area contributed by atoms with Crippen LogP contribution in [0.1, 0.15) is 49.3 Å². The van der Waals surface area contributed by atoms with Crippen molar-refractivity contribution in [3.05, 3.63) is 41.0 Å². The highest BCUT2D eigenvalue weighted by molar-refractivity contribution is 5.79. The van der Waals surface area contributed by atoms with E-state index < -0.39 is 111 Å². The molecule has 13 nitrogen and oxygen atoms in total. The predicted octanol–water partition coefficient (Wildman–Crippen LogP) is 1.34. The summed E-state index contributed by atoms with van der Waals surface area (Å²) < 4.78 is 128. The zero-order valence-corrected chi connectivity index (χ0v) is 21.7. The van der Waals surface area contributed by atoms with E-state index in [0.717, 1.165) is 12.1 Å². The number of ether oxygens (including phenoxy) is 9. The molecular formula is C29H32O13. The van der Waals surface area contributed by atoms with Gasteiger partial charge in [-0.2, -0.15) is 0 Å². The lowest BCUT2D eigenvalue weighted by Gasteiger charge is -2.47. The minimum Gasteiger partial charge on any atom is -0.502 e. The molecule has 42 heavy (non-hydrogen) atoms. The Morgan fingerprint density at radius 3 is 2.40 bits per heavy atom. The van der Waals surface area contributed by atoms with Gasteiger partial charge < -0.3 is 58.0 Å². The molecule has 2 aromatic carbocycles. The summed E-state index contributed by atoms with van der Waals surface area (Å²) in [6, 6.07) is 4.52. The quantitative estimate of drug-likeness (QED) is 0.424. The number of phenols is 1. The van der Waals surface area contributed by atoms with Crippen LogP contribution in [0, 0.1) is 11.8 Å². The molecule has 3 fully saturated rings. The van der Waals surface area contributed by atoms with E-state index in [0.29, 0.717) is 0 Å². The molecule has 13 heteroatoms. The molecule has 4 aliphatic heterocycles. The number of carbonyl (C=O) groups excluding carboxylic acids is 1. The zero-order chi connectivity index (χ0) is 37.9. The van der Waals surface area contributed by atoms with Crippen LogP contribution >= 0.6 is 0 Å². The lowest BCUT2D eigenvalue weighted by Crippen LogP contribution is -2.63. The molecule has 226 valence electrons. The maximum Gasteiger partial charge on any atom is 0.310 e. The van der Waals surface area contributed by atoms with Crippen LogP contribution in [0.5, 0.6) is 28.7 Å². The van der Waals surface area contributed by atoms with Gasteiger partial charge in [-0.25, -0.2) is 0 Å². The maximum absolute atomic E-state index is 13.7. The summed E-state index contributed by atoms with van der Waals surface area (Å²) in [6.07, 6.45) is -9.26. The highest BCUT2D eigenvalue weighted by atomic mass is 16.8. The molecule has 0 unspecified atom stereocenters. The molecule has 4 heterocycles. The molecule has 3 N–H and O–H groups in total.